The maximum absolute atomic E-state index is 6.75. The number of hydrogen-bond acceptors (Lipinski definition) is 3. The third kappa shape index (κ3) is 4.99. The van der Waals surface area contributed by atoms with Crippen LogP contribution in [-0.4, -0.2) is 0 Å². The molecule has 12 rings (SSSR count). The van der Waals surface area contributed by atoms with Crippen LogP contribution in [0.3, 0.4) is 0 Å². The maximum Gasteiger partial charge on any atom is 0.143 e. The van der Waals surface area contributed by atoms with E-state index < -0.39 is 0 Å². The zero-order valence-corrected chi connectivity index (χ0v) is 30.8. The van der Waals surface area contributed by atoms with Crippen LogP contribution in [0.2, 0.25) is 0 Å². The Morgan fingerprint density at radius 3 is 1.77 bits per heavy atom. The van der Waals surface area contributed by atoms with E-state index in [1.54, 1.807) is 0 Å². The van der Waals surface area contributed by atoms with Gasteiger partial charge in [0, 0.05) is 38.2 Å². The summed E-state index contributed by atoms with van der Waals surface area (Å²) in [6.07, 6.45) is 0. The van der Waals surface area contributed by atoms with Crippen molar-refractivity contribution >= 4 is 93.3 Å². The van der Waals surface area contributed by atoms with Gasteiger partial charge in [-0.1, -0.05) is 140 Å². The molecule has 0 atom stereocenters. The highest BCUT2D eigenvalue weighted by atomic mass is 16.3. The highest BCUT2D eigenvalue weighted by Gasteiger charge is 2.23. The summed E-state index contributed by atoms with van der Waals surface area (Å²) in [6.45, 7) is 0. The van der Waals surface area contributed by atoms with Crippen molar-refractivity contribution in [1.29, 1.82) is 0 Å². The highest BCUT2D eigenvalue weighted by molar-refractivity contribution is 6.20. The molecule has 0 radical (unpaired) electrons. The number of rotatable bonds is 5. The molecule has 3 heteroatoms. The largest absolute Gasteiger partial charge is 0.455 e. The Bertz CT molecular complexity index is 3550. The van der Waals surface area contributed by atoms with Crippen molar-refractivity contribution in [2.75, 3.05) is 4.90 Å². The molecule has 0 aliphatic heterocycles. The van der Waals surface area contributed by atoms with Crippen molar-refractivity contribution in [1.82, 2.24) is 0 Å². The first kappa shape index (κ1) is 31.7. The molecule has 0 bridgehead atoms. The molecule has 0 unspecified atom stereocenters. The van der Waals surface area contributed by atoms with E-state index in [2.05, 4.69) is 205 Å². The van der Waals surface area contributed by atoms with Gasteiger partial charge in [0.2, 0.25) is 0 Å². The van der Waals surface area contributed by atoms with Gasteiger partial charge in [0.1, 0.15) is 22.3 Å². The standard InChI is InChI=1S/C54H33NO2/c1-2-14-37-31-39(24-23-34(37)11-1)38-15-9-16-41(32-38)55(49-21-10-22-51-52(49)46-29-26-36-13-4-6-19-44(36)54(46)57-51)48-20-8-7-17-42(48)40-27-30-50-47(33-40)45-28-25-35-12-3-5-18-43(35)53(45)56-50/h1-33H. The number of hydrogen-bond donors (Lipinski definition) is 0. The lowest BCUT2D eigenvalue weighted by Gasteiger charge is -2.29. The third-order valence-electron chi connectivity index (χ3n) is 11.6. The minimum atomic E-state index is 0.852. The second-order valence-corrected chi connectivity index (χ2v) is 14.9. The Kier molecular flexibility index (Phi) is 6.93. The Hall–Kier alpha value is -7.62. The van der Waals surface area contributed by atoms with Crippen LogP contribution in [0.5, 0.6) is 0 Å². The maximum atomic E-state index is 6.75. The molecule has 0 N–H and O–H groups in total. The van der Waals surface area contributed by atoms with E-state index in [-0.39, 0.29) is 0 Å². The number of benzene rings is 10. The minimum Gasteiger partial charge on any atom is -0.455 e. The lowest BCUT2D eigenvalue weighted by atomic mass is 9.97. The first-order chi connectivity index (χ1) is 28.2. The number of fused-ring (bicyclic) bond motifs is 11. The topological polar surface area (TPSA) is 29.5 Å². The van der Waals surface area contributed by atoms with E-state index in [9.17, 15) is 0 Å². The van der Waals surface area contributed by atoms with Gasteiger partial charge in [-0.25, -0.2) is 0 Å². The summed E-state index contributed by atoms with van der Waals surface area (Å²) in [4.78, 5) is 2.41. The number of para-hydroxylation sites is 1. The van der Waals surface area contributed by atoms with E-state index >= 15 is 0 Å². The summed E-state index contributed by atoms with van der Waals surface area (Å²) >= 11 is 0. The predicted octanol–water partition coefficient (Wildman–Crippen LogP) is 15.7. The van der Waals surface area contributed by atoms with Crippen molar-refractivity contribution in [3.05, 3.63) is 200 Å². The molecule has 266 valence electrons. The molecule has 2 aromatic heterocycles. The van der Waals surface area contributed by atoms with E-state index in [0.29, 0.717) is 0 Å². The van der Waals surface area contributed by atoms with Crippen LogP contribution in [0, 0.1) is 0 Å². The van der Waals surface area contributed by atoms with Gasteiger partial charge in [0.15, 0.2) is 0 Å². The van der Waals surface area contributed by atoms with Crippen molar-refractivity contribution in [3.8, 4) is 22.3 Å². The fourth-order valence-electron chi connectivity index (χ4n) is 8.91. The molecule has 57 heavy (non-hydrogen) atoms. The summed E-state index contributed by atoms with van der Waals surface area (Å²) in [5.41, 5.74) is 11.3. The molecule has 10 aromatic carbocycles. The zero-order valence-electron chi connectivity index (χ0n) is 30.8. The van der Waals surface area contributed by atoms with E-state index in [1.165, 1.54) is 21.7 Å². The lowest BCUT2D eigenvalue weighted by molar-refractivity contribution is 0.672. The predicted molar refractivity (Wildman–Crippen MR) is 239 cm³/mol. The Morgan fingerprint density at radius 1 is 0.316 bits per heavy atom. The molecule has 2 heterocycles. The Balaban J connectivity index is 1.11. The van der Waals surface area contributed by atoms with Crippen LogP contribution >= 0.6 is 0 Å². The van der Waals surface area contributed by atoms with Crippen molar-refractivity contribution in [2.45, 2.75) is 0 Å². The number of furan rings is 2. The van der Waals surface area contributed by atoms with Gasteiger partial charge in [-0.15, -0.1) is 0 Å². The third-order valence-corrected chi connectivity index (χ3v) is 11.6. The van der Waals surface area contributed by atoms with Crippen molar-refractivity contribution < 1.29 is 8.83 Å². The molecule has 3 nitrogen and oxygen atoms in total. The van der Waals surface area contributed by atoms with Crippen molar-refractivity contribution in [2.24, 2.45) is 0 Å². The van der Waals surface area contributed by atoms with Crippen LogP contribution in [0.4, 0.5) is 17.1 Å². The molecular weight excluding hydrogens is 695 g/mol. The fourth-order valence-corrected chi connectivity index (χ4v) is 8.91. The van der Waals surface area contributed by atoms with Crippen LogP contribution in [0.15, 0.2) is 209 Å². The molecule has 0 aliphatic rings. The highest BCUT2D eigenvalue weighted by Crippen LogP contribution is 2.48. The quantitative estimate of drug-likeness (QED) is 0.177. The SMILES string of the molecule is c1cc(-c2ccc3ccccc3c2)cc(N(c2ccccc2-c2ccc3oc4c5ccccc5ccc4c3c2)c2cccc3oc4c5ccccc5ccc4c23)c1. The lowest BCUT2D eigenvalue weighted by Crippen LogP contribution is -2.11. The summed E-state index contributed by atoms with van der Waals surface area (Å²) in [5, 5.41) is 11.4. The van der Waals surface area contributed by atoms with E-state index in [1.807, 2.05) is 0 Å². The van der Waals surface area contributed by atoms with Crippen LogP contribution in [-0.2, 0) is 0 Å². The molecule has 0 amide bonds. The molecule has 0 saturated carbocycles. The Labute approximate surface area is 328 Å². The normalized spacial score (nSPS) is 11.9. The van der Waals surface area contributed by atoms with Gasteiger partial charge < -0.3 is 13.7 Å². The van der Waals surface area contributed by atoms with Crippen LogP contribution < -0.4 is 4.90 Å². The summed E-state index contributed by atoms with van der Waals surface area (Å²) in [5.74, 6) is 0. The summed E-state index contributed by atoms with van der Waals surface area (Å²) < 4.78 is 13.3. The molecule has 0 aliphatic carbocycles. The van der Waals surface area contributed by atoms with E-state index in [4.69, 9.17) is 8.83 Å². The van der Waals surface area contributed by atoms with Gasteiger partial charge in [-0.3, -0.25) is 0 Å². The minimum absolute atomic E-state index is 0.852. The van der Waals surface area contributed by atoms with E-state index in [0.717, 1.165) is 93.8 Å². The second-order valence-electron chi connectivity index (χ2n) is 14.9. The molecule has 0 saturated heterocycles. The van der Waals surface area contributed by atoms with Gasteiger partial charge in [0.25, 0.3) is 0 Å². The zero-order chi connectivity index (χ0) is 37.5. The smallest absolute Gasteiger partial charge is 0.143 e. The second kappa shape index (κ2) is 12.5. The van der Waals surface area contributed by atoms with Gasteiger partial charge in [-0.05, 0) is 98.9 Å². The fraction of sp³-hybridized carbons (Fsp3) is 0. The number of nitrogens with zero attached hydrogens (tertiary/aromatic N) is 1. The monoisotopic (exact) mass is 727 g/mol. The number of anilines is 3. The van der Waals surface area contributed by atoms with Crippen molar-refractivity contribution in [3.63, 3.8) is 0 Å². The first-order valence-electron chi connectivity index (χ1n) is 19.4. The van der Waals surface area contributed by atoms with Crippen LogP contribution in [0.25, 0.3) is 98.4 Å². The van der Waals surface area contributed by atoms with Gasteiger partial charge in [0.05, 0.1) is 16.8 Å². The van der Waals surface area contributed by atoms with Crippen LogP contribution in [0.1, 0.15) is 0 Å². The molecule has 12 aromatic rings. The molecule has 0 spiro atoms. The average Bonchev–Trinajstić information content (AvgIpc) is 3.86. The summed E-state index contributed by atoms with van der Waals surface area (Å²) in [6, 6.07) is 71.6. The van der Waals surface area contributed by atoms with Gasteiger partial charge >= 0.3 is 0 Å². The first-order valence-corrected chi connectivity index (χ1v) is 19.4. The Morgan fingerprint density at radius 2 is 0.930 bits per heavy atom. The molecular formula is C54H33NO2. The summed E-state index contributed by atoms with van der Waals surface area (Å²) in [7, 11) is 0. The average molecular weight is 728 g/mol. The molecule has 0 fully saturated rings. The van der Waals surface area contributed by atoms with Gasteiger partial charge in [-0.2, -0.15) is 0 Å².